The number of aryl methyl sites for hydroxylation is 1. The summed E-state index contributed by atoms with van der Waals surface area (Å²) in [6.45, 7) is 7.35. The standard InChI is InChI=1S/C20H27N3O2/c1-3-25-13-12-23-19(14-16(2)21-23)20(24)22-11-7-10-18(15-22)17-8-5-4-6-9-17/h4-6,8-9,14,18H,3,7,10-13,15H2,1-2H3/t18-/m0/s1. The van der Waals surface area contributed by atoms with E-state index in [9.17, 15) is 4.79 Å². The molecule has 1 fully saturated rings. The highest BCUT2D eigenvalue weighted by Gasteiger charge is 2.27. The summed E-state index contributed by atoms with van der Waals surface area (Å²) in [5, 5.41) is 4.46. The van der Waals surface area contributed by atoms with E-state index in [1.807, 2.05) is 30.9 Å². The molecule has 1 amide bonds. The summed E-state index contributed by atoms with van der Waals surface area (Å²) in [4.78, 5) is 15.0. The number of carbonyl (C=O) groups is 1. The van der Waals surface area contributed by atoms with Gasteiger partial charge in [-0.2, -0.15) is 5.10 Å². The normalized spacial score (nSPS) is 17.7. The van der Waals surface area contributed by atoms with Gasteiger partial charge in [0, 0.05) is 25.6 Å². The van der Waals surface area contributed by atoms with Gasteiger partial charge in [0.25, 0.3) is 5.91 Å². The predicted octanol–water partition coefficient (Wildman–Crippen LogP) is 3.25. The number of likely N-dealkylation sites (tertiary alicyclic amines) is 1. The van der Waals surface area contributed by atoms with E-state index in [2.05, 4.69) is 29.4 Å². The number of carbonyl (C=O) groups excluding carboxylic acids is 1. The van der Waals surface area contributed by atoms with Gasteiger partial charge in [0.1, 0.15) is 5.69 Å². The minimum Gasteiger partial charge on any atom is -0.380 e. The lowest BCUT2D eigenvalue weighted by Crippen LogP contribution is -2.40. The summed E-state index contributed by atoms with van der Waals surface area (Å²) >= 11 is 0. The lowest BCUT2D eigenvalue weighted by atomic mass is 9.90. The second-order valence-electron chi connectivity index (χ2n) is 6.59. The molecule has 2 aromatic rings. The summed E-state index contributed by atoms with van der Waals surface area (Å²) in [6.07, 6.45) is 2.17. The molecule has 2 heterocycles. The summed E-state index contributed by atoms with van der Waals surface area (Å²) in [5.74, 6) is 0.498. The molecule has 1 atom stereocenters. The predicted molar refractivity (Wildman–Crippen MR) is 97.8 cm³/mol. The SMILES string of the molecule is CCOCCn1nc(C)cc1C(=O)N1CCC[C@H](c2ccccc2)C1. The average molecular weight is 341 g/mol. The third-order valence-corrected chi connectivity index (χ3v) is 4.75. The summed E-state index contributed by atoms with van der Waals surface area (Å²) in [5.41, 5.74) is 2.86. The van der Waals surface area contributed by atoms with Gasteiger partial charge >= 0.3 is 0 Å². The molecule has 0 radical (unpaired) electrons. The highest BCUT2D eigenvalue weighted by molar-refractivity contribution is 5.92. The quantitative estimate of drug-likeness (QED) is 0.758. The number of ether oxygens (including phenoxy) is 1. The Morgan fingerprint density at radius 1 is 1.32 bits per heavy atom. The molecule has 0 spiro atoms. The van der Waals surface area contributed by atoms with Gasteiger partial charge in [-0.1, -0.05) is 30.3 Å². The van der Waals surface area contributed by atoms with Crippen molar-refractivity contribution in [2.75, 3.05) is 26.3 Å². The first kappa shape index (κ1) is 17.7. The number of rotatable bonds is 6. The Kier molecular flexibility index (Phi) is 5.87. The Labute approximate surface area is 149 Å². The zero-order chi connectivity index (χ0) is 17.6. The third-order valence-electron chi connectivity index (χ3n) is 4.75. The highest BCUT2D eigenvalue weighted by Crippen LogP contribution is 2.27. The van der Waals surface area contributed by atoms with Crippen LogP contribution < -0.4 is 0 Å². The molecule has 0 aliphatic carbocycles. The van der Waals surface area contributed by atoms with Gasteiger partial charge in [-0.15, -0.1) is 0 Å². The molecule has 134 valence electrons. The first-order valence-electron chi connectivity index (χ1n) is 9.15. The van der Waals surface area contributed by atoms with Crippen LogP contribution in [0.1, 0.15) is 47.4 Å². The van der Waals surface area contributed by atoms with Crippen LogP contribution in [-0.2, 0) is 11.3 Å². The van der Waals surface area contributed by atoms with Crippen LogP contribution >= 0.6 is 0 Å². The molecule has 1 saturated heterocycles. The van der Waals surface area contributed by atoms with Gasteiger partial charge in [-0.25, -0.2) is 0 Å². The number of hydrogen-bond acceptors (Lipinski definition) is 3. The van der Waals surface area contributed by atoms with E-state index < -0.39 is 0 Å². The smallest absolute Gasteiger partial charge is 0.272 e. The Morgan fingerprint density at radius 2 is 2.12 bits per heavy atom. The van der Waals surface area contributed by atoms with Crippen LogP contribution in [-0.4, -0.2) is 46.9 Å². The van der Waals surface area contributed by atoms with Crippen molar-refractivity contribution < 1.29 is 9.53 Å². The van der Waals surface area contributed by atoms with Gasteiger partial charge in [0.15, 0.2) is 0 Å². The number of benzene rings is 1. The van der Waals surface area contributed by atoms with Crippen LogP contribution in [0.2, 0.25) is 0 Å². The number of amides is 1. The molecular weight excluding hydrogens is 314 g/mol. The summed E-state index contributed by atoms with van der Waals surface area (Å²) < 4.78 is 7.21. The van der Waals surface area contributed by atoms with Gasteiger partial charge in [-0.3, -0.25) is 9.48 Å². The van der Waals surface area contributed by atoms with Gasteiger partial charge < -0.3 is 9.64 Å². The maximum Gasteiger partial charge on any atom is 0.272 e. The van der Waals surface area contributed by atoms with Crippen molar-refractivity contribution in [1.29, 1.82) is 0 Å². The van der Waals surface area contributed by atoms with Crippen LogP contribution in [0.15, 0.2) is 36.4 Å². The van der Waals surface area contributed by atoms with E-state index in [0.29, 0.717) is 31.4 Å². The maximum atomic E-state index is 13.1. The first-order chi connectivity index (χ1) is 12.2. The minimum absolute atomic E-state index is 0.0812. The molecule has 0 bridgehead atoms. The second-order valence-corrected chi connectivity index (χ2v) is 6.59. The zero-order valence-electron chi connectivity index (χ0n) is 15.1. The molecule has 3 rings (SSSR count). The van der Waals surface area contributed by atoms with Crippen molar-refractivity contribution in [2.45, 2.75) is 39.2 Å². The fourth-order valence-electron chi connectivity index (χ4n) is 3.50. The van der Waals surface area contributed by atoms with Crippen molar-refractivity contribution in [3.8, 4) is 0 Å². The van der Waals surface area contributed by atoms with E-state index in [0.717, 1.165) is 31.6 Å². The van der Waals surface area contributed by atoms with Crippen molar-refractivity contribution in [3.63, 3.8) is 0 Å². The molecule has 5 heteroatoms. The van der Waals surface area contributed by atoms with Crippen LogP contribution in [0.25, 0.3) is 0 Å². The second kappa shape index (κ2) is 8.30. The van der Waals surface area contributed by atoms with E-state index in [1.165, 1.54) is 5.56 Å². The molecule has 25 heavy (non-hydrogen) atoms. The minimum atomic E-state index is 0.0812. The molecule has 1 aliphatic heterocycles. The zero-order valence-corrected chi connectivity index (χ0v) is 15.1. The number of piperidine rings is 1. The monoisotopic (exact) mass is 341 g/mol. The fraction of sp³-hybridized carbons (Fsp3) is 0.500. The number of aromatic nitrogens is 2. The molecule has 0 saturated carbocycles. The molecule has 1 aliphatic rings. The van der Waals surface area contributed by atoms with Gasteiger partial charge in [-0.05, 0) is 38.3 Å². The lowest BCUT2D eigenvalue weighted by Gasteiger charge is -2.33. The molecule has 5 nitrogen and oxygen atoms in total. The van der Waals surface area contributed by atoms with Crippen LogP contribution in [0.4, 0.5) is 0 Å². The van der Waals surface area contributed by atoms with Gasteiger partial charge in [0.05, 0.1) is 18.8 Å². The van der Waals surface area contributed by atoms with E-state index in [-0.39, 0.29) is 5.91 Å². The average Bonchev–Trinajstić information content (AvgIpc) is 3.03. The molecule has 0 N–H and O–H groups in total. The van der Waals surface area contributed by atoms with Crippen LogP contribution in [0.3, 0.4) is 0 Å². The highest BCUT2D eigenvalue weighted by atomic mass is 16.5. The van der Waals surface area contributed by atoms with Crippen LogP contribution in [0, 0.1) is 6.92 Å². The molecular formula is C20H27N3O2. The Morgan fingerprint density at radius 3 is 2.88 bits per heavy atom. The topological polar surface area (TPSA) is 47.4 Å². The molecule has 0 unspecified atom stereocenters. The number of nitrogens with zero attached hydrogens (tertiary/aromatic N) is 3. The largest absolute Gasteiger partial charge is 0.380 e. The third kappa shape index (κ3) is 4.28. The van der Waals surface area contributed by atoms with E-state index >= 15 is 0 Å². The van der Waals surface area contributed by atoms with Crippen LogP contribution in [0.5, 0.6) is 0 Å². The summed E-state index contributed by atoms with van der Waals surface area (Å²) in [7, 11) is 0. The number of hydrogen-bond donors (Lipinski definition) is 0. The van der Waals surface area contributed by atoms with Crippen molar-refractivity contribution in [2.24, 2.45) is 0 Å². The van der Waals surface area contributed by atoms with E-state index in [1.54, 1.807) is 4.68 Å². The molecule has 1 aromatic carbocycles. The van der Waals surface area contributed by atoms with Gasteiger partial charge in [0.2, 0.25) is 0 Å². The molecule has 1 aromatic heterocycles. The summed E-state index contributed by atoms with van der Waals surface area (Å²) in [6, 6.07) is 12.4. The Hall–Kier alpha value is -2.14. The lowest BCUT2D eigenvalue weighted by molar-refractivity contribution is 0.0689. The van der Waals surface area contributed by atoms with E-state index in [4.69, 9.17) is 4.74 Å². The fourth-order valence-corrected chi connectivity index (χ4v) is 3.50. The first-order valence-corrected chi connectivity index (χ1v) is 9.15. The maximum absolute atomic E-state index is 13.1. The van der Waals surface area contributed by atoms with Crippen molar-refractivity contribution >= 4 is 5.91 Å². The van der Waals surface area contributed by atoms with Crippen molar-refractivity contribution in [1.82, 2.24) is 14.7 Å². The Balaban J connectivity index is 1.72. The van der Waals surface area contributed by atoms with Crippen molar-refractivity contribution in [3.05, 3.63) is 53.3 Å². The Bertz CT molecular complexity index is 696.